The van der Waals surface area contributed by atoms with Crippen molar-refractivity contribution in [3.05, 3.63) is 29.8 Å². The maximum absolute atomic E-state index is 12.8. The SMILES string of the molecule is O=C(OCC(=O)N1CCC[C@H]2CCCC[C@@H]21)c1ccccc1N1CCCC1=O. The molecule has 1 saturated carbocycles. The number of fused-ring (bicyclic) bond motifs is 1. The zero-order chi connectivity index (χ0) is 19.5. The average molecular weight is 384 g/mol. The summed E-state index contributed by atoms with van der Waals surface area (Å²) in [6.07, 6.45) is 8.20. The van der Waals surface area contributed by atoms with Gasteiger partial charge in [-0.3, -0.25) is 9.59 Å². The minimum Gasteiger partial charge on any atom is -0.452 e. The minimum atomic E-state index is -0.541. The highest BCUT2D eigenvalue weighted by Crippen LogP contribution is 2.35. The lowest BCUT2D eigenvalue weighted by Crippen LogP contribution is -2.50. The summed E-state index contributed by atoms with van der Waals surface area (Å²) in [6.45, 7) is 1.14. The number of piperidine rings is 1. The van der Waals surface area contributed by atoms with Crippen LogP contribution in [0.3, 0.4) is 0 Å². The first-order chi connectivity index (χ1) is 13.6. The first-order valence-corrected chi connectivity index (χ1v) is 10.5. The highest BCUT2D eigenvalue weighted by Gasteiger charge is 2.36. The van der Waals surface area contributed by atoms with E-state index in [1.54, 1.807) is 29.2 Å². The number of anilines is 1. The molecule has 2 amide bonds. The van der Waals surface area contributed by atoms with Crippen LogP contribution in [0, 0.1) is 5.92 Å². The second-order valence-corrected chi connectivity index (χ2v) is 8.08. The maximum Gasteiger partial charge on any atom is 0.340 e. The molecule has 2 aliphatic heterocycles. The Balaban J connectivity index is 1.41. The predicted octanol–water partition coefficient (Wildman–Crippen LogP) is 3.15. The number of ether oxygens (including phenoxy) is 1. The van der Waals surface area contributed by atoms with Gasteiger partial charge in [0.2, 0.25) is 5.91 Å². The Hall–Kier alpha value is -2.37. The molecule has 6 heteroatoms. The molecule has 0 bridgehead atoms. The number of nitrogens with zero attached hydrogens (tertiary/aromatic N) is 2. The Morgan fingerprint density at radius 3 is 2.61 bits per heavy atom. The van der Waals surface area contributed by atoms with E-state index in [9.17, 15) is 14.4 Å². The zero-order valence-electron chi connectivity index (χ0n) is 16.3. The summed E-state index contributed by atoms with van der Waals surface area (Å²) in [4.78, 5) is 41.1. The van der Waals surface area contributed by atoms with Crippen LogP contribution in [0.1, 0.15) is 61.7 Å². The maximum atomic E-state index is 12.8. The third-order valence-corrected chi connectivity index (χ3v) is 6.38. The molecule has 3 aliphatic rings. The molecule has 2 heterocycles. The van der Waals surface area contributed by atoms with Crippen molar-refractivity contribution in [1.82, 2.24) is 4.90 Å². The molecule has 0 N–H and O–H groups in total. The van der Waals surface area contributed by atoms with Gasteiger partial charge in [-0.2, -0.15) is 0 Å². The van der Waals surface area contributed by atoms with Crippen LogP contribution in [0.2, 0.25) is 0 Å². The van der Waals surface area contributed by atoms with Gasteiger partial charge in [0.15, 0.2) is 6.61 Å². The number of carbonyl (C=O) groups excluding carboxylic acids is 3. The molecular formula is C22H28N2O4. The lowest BCUT2D eigenvalue weighted by molar-refractivity contribution is -0.140. The van der Waals surface area contributed by atoms with Crippen molar-refractivity contribution < 1.29 is 19.1 Å². The highest BCUT2D eigenvalue weighted by molar-refractivity contribution is 6.03. The number of rotatable bonds is 4. The molecule has 2 atom stereocenters. The second-order valence-electron chi connectivity index (χ2n) is 8.08. The van der Waals surface area contributed by atoms with E-state index >= 15 is 0 Å². The third kappa shape index (κ3) is 3.77. The molecule has 0 unspecified atom stereocenters. The van der Waals surface area contributed by atoms with Gasteiger partial charge in [-0.05, 0) is 50.2 Å². The lowest BCUT2D eigenvalue weighted by atomic mass is 9.78. The molecule has 6 nitrogen and oxygen atoms in total. The summed E-state index contributed by atoms with van der Waals surface area (Å²) in [5, 5.41) is 0. The van der Waals surface area contributed by atoms with Crippen molar-refractivity contribution in [1.29, 1.82) is 0 Å². The number of hydrogen-bond donors (Lipinski definition) is 0. The topological polar surface area (TPSA) is 66.9 Å². The van der Waals surface area contributed by atoms with Gasteiger partial charge < -0.3 is 14.5 Å². The fourth-order valence-corrected chi connectivity index (χ4v) is 5.01. The molecule has 4 rings (SSSR count). The normalized spacial score (nSPS) is 24.8. The molecule has 3 fully saturated rings. The van der Waals surface area contributed by atoms with E-state index in [0.29, 0.717) is 36.2 Å². The van der Waals surface area contributed by atoms with Crippen LogP contribution >= 0.6 is 0 Å². The predicted molar refractivity (Wildman–Crippen MR) is 105 cm³/mol. The van der Waals surface area contributed by atoms with Crippen LogP contribution in [0.25, 0.3) is 0 Å². The molecule has 0 radical (unpaired) electrons. The monoisotopic (exact) mass is 384 g/mol. The van der Waals surface area contributed by atoms with Crippen molar-refractivity contribution in [2.75, 3.05) is 24.6 Å². The van der Waals surface area contributed by atoms with E-state index in [1.807, 2.05) is 4.90 Å². The number of esters is 1. The zero-order valence-corrected chi connectivity index (χ0v) is 16.3. The van der Waals surface area contributed by atoms with Gasteiger partial charge in [-0.25, -0.2) is 4.79 Å². The summed E-state index contributed by atoms with van der Waals surface area (Å²) >= 11 is 0. The fourth-order valence-electron chi connectivity index (χ4n) is 5.01. The number of amides is 2. The Morgan fingerprint density at radius 2 is 1.79 bits per heavy atom. The number of carbonyl (C=O) groups is 3. The van der Waals surface area contributed by atoms with Gasteiger partial charge in [-0.15, -0.1) is 0 Å². The Kier molecular flexibility index (Phi) is 5.64. The smallest absolute Gasteiger partial charge is 0.340 e. The van der Waals surface area contributed by atoms with Crippen molar-refractivity contribution in [2.24, 2.45) is 5.92 Å². The molecule has 0 aromatic heterocycles. The molecule has 150 valence electrons. The summed E-state index contributed by atoms with van der Waals surface area (Å²) in [5.74, 6) is -0.0161. The lowest BCUT2D eigenvalue weighted by Gasteiger charge is -2.44. The molecule has 1 aromatic rings. The van der Waals surface area contributed by atoms with Gasteiger partial charge >= 0.3 is 5.97 Å². The summed E-state index contributed by atoms with van der Waals surface area (Å²) in [7, 11) is 0. The molecule has 2 saturated heterocycles. The van der Waals surface area contributed by atoms with Crippen molar-refractivity contribution in [3.8, 4) is 0 Å². The second kappa shape index (κ2) is 8.33. The van der Waals surface area contributed by atoms with Crippen molar-refractivity contribution in [2.45, 2.75) is 57.4 Å². The molecule has 1 aromatic carbocycles. The van der Waals surface area contributed by atoms with Crippen LogP contribution in [-0.4, -0.2) is 48.4 Å². The van der Waals surface area contributed by atoms with Gasteiger partial charge in [0.25, 0.3) is 5.91 Å². The van der Waals surface area contributed by atoms with Gasteiger partial charge in [-0.1, -0.05) is 25.0 Å². The minimum absolute atomic E-state index is 0.0213. The van der Waals surface area contributed by atoms with Crippen LogP contribution in [-0.2, 0) is 14.3 Å². The molecule has 1 aliphatic carbocycles. The van der Waals surface area contributed by atoms with E-state index in [0.717, 1.165) is 25.8 Å². The third-order valence-electron chi connectivity index (χ3n) is 6.38. The largest absolute Gasteiger partial charge is 0.452 e. The average Bonchev–Trinajstić information content (AvgIpc) is 3.17. The number of para-hydroxylation sites is 1. The van der Waals surface area contributed by atoms with E-state index in [-0.39, 0.29) is 18.4 Å². The van der Waals surface area contributed by atoms with Gasteiger partial charge in [0.1, 0.15) is 0 Å². The molecule has 28 heavy (non-hydrogen) atoms. The summed E-state index contributed by atoms with van der Waals surface area (Å²) in [6, 6.07) is 7.28. The summed E-state index contributed by atoms with van der Waals surface area (Å²) in [5.41, 5.74) is 0.924. The Morgan fingerprint density at radius 1 is 1.00 bits per heavy atom. The van der Waals surface area contributed by atoms with Crippen LogP contribution in [0.15, 0.2) is 24.3 Å². The van der Waals surface area contributed by atoms with E-state index < -0.39 is 5.97 Å². The standard InChI is InChI=1S/C22H28N2O4/c25-20-12-6-14-24(20)19-11-4-2-9-17(19)22(27)28-15-21(26)23-13-5-8-16-7-1-3-10-18(16)23/h2,4,9,11,16,18H,1,3,5-8,10,12-15H2/t16-,18+/m1/s1. The van der Waals surface area contributed by atoms with Crippen LogP contribution in [0.5, 0.6) is 0 Å². The van der Waals surface area contributed by atoms with Crippen molar-refractivity contribution >= 4 is 23.5 Å². The first kappa shape index (κ1) is 19.0. The van der Waals surface area contributed by atoms with Crippen LogP contribution in [0.4, 0.5) is 5.69 Å². The van der Waals surface area contributed by atoms with E-state index in [4.69, 9.17) is 4.74 Å². The highest BCUT2D eigenvalue weighted by atomic mass is 16.5. The van der Waals surface area contributed by atoms with E-state index in [2.05, 4.69) is 0 Å². The Labute approximate surface area is 165 Å². The first-order valence-electron chi connectivity index (χ1n) is 10.5. The van der Waals surface area contributed by atoms with Crippen molar-refractivity contribution in [3.63, 3.8) is 0 Å². The van der Waals surface area contributed by atoms with Gasteiger partial charge in [0, 0.05) is 25.6 Å². The summed E-state index contributed by atoms with van der Waals surface area (Å²) < 4.78 is 5.39. The number of likely N-dealkylation sites (tertiary alicyclic amines) is 1. The van der Waals surface area contributed by atoms with Gasteiger partial charge in [0.05, 0.1) is 11.3 Å². The molecule has 0 spiro atoms. The molecular weight excluding hydrogens is 356 g/mol. The van der Waals surface area contributed by atoms with Crippen LogP contribution < -0.4 is 4.90 Å². The quantitative estimate of drug-likeness (QED) is 0.748. The number of benzene rings is 1. The number of hydrogen-bond acceptors (Lipinski definition) is 4. The van der Waals surface area contributed by atoms with E-state index in [1.165, 1.54) is 25.7 Å². The fraction of sp³-hybridized carbons (Fsp3) is 0.591. The Bertz CT molecular complexity index is 761.